The fraction of sp³-hybridized carbons (Fsp3) is 0.222. The number of phenols is 1. The van der Waals surface area contributed by atoms with Crippen molar-refractivity contribution in [2.45, 2.75) is 31.7 Å². The van der Waals surface area contributed by atoms with Gasteiger partial charge >= 0.3 is 0 Å². The maximum Gasteiger partial charge on any atom is 0.176 e. The third-order valence-corrected chi connectivity index (χ3v) is 6.55. The monoisotopic (exact) mass is 460 g/mol. The molecule has 0 aromatic heterocycles. The van der Waals surface area contributed by atoms with Crippen molar-refractivity contribution in [1.82, 2.24) is 0 Å². The Morgan fingerprint density at radius 1 is 1.00 bits per heavy atom. The highest BCUT2D eigenvalue weighted by Gasteiger charge is 2.36. The highest BCUT2D eigenvalue weighted by atomic mass is 35.5. The highest BCUT2D eigenvalue weighted by Crippen LogP contribution is 2.46. The number of hydrogen-bond donors (Lipinski definition) is 3. The van der Waals surface area contributed by atoms with E-state index in [0.717, 1.165) is 34.6 Å². The lowest BCUT2D eigenvalue weighted by molar-refractivity contribution is -0.116. The number of hydrogen-bond acceptors (Lipinski definition) is 5. The number of allylic oxidation sites excluding steroid dienone is 1. The number of ether oxygens (including phenoxy) is 1. The summed E-state index contributed by atoms with van der Waals surface area (Å²) in [5.41, 5.74) is 5.34. The molecule has 0 radical (unpaired) electrons. The third-order valence-electron chi connectivity index (χ3n) is 6.26. The first kappa shape index (κ1) is 21.4. The largest absolute Gasteiger partial charge is 0.503 e. The Kier molecular flexibility index (Phi) is 5.73. The Morgan fingerprint density at radius 2 is 1.73 bits per heavy atom. The molecule has 0 saturated carbocycles. The van der Waals surface area contributed by atoms with Gasteiger partial charge in [0.25, 0.3) is 0 Å². The van der Waals surface area contributed by atoms with E-state index >= 15 is 0 Å². The average molecular weight is 461 g/mol. The summed E-state index contributed by atoms with van der Waals surface area (Å²) in [7, 11) is 0. The zero-order valence-corrected chi connectivity index (χ0v) is 19.0. The third kappa shape index (κ3) is 4.05. The second-order valence-electron chi connectivity index (χ2n) is 8.36. The lowest BCUT2D eigenvalue weighted by Gasteiger charge is -2.30. The van der Waals surface area contributed by atoms with E-state index in [9.17, 15) is 9.90 Å². The Bertz CT molecular complexity index is 1240. The van der Waals surface area contributed by atoms with Crippen LogP contribution in [0.15, 0.2) is 78.0 Å². The minimum Gasteiger partial charge on any atom is -0.503 e. The maximum absolute atomic E-state index is 13.6. The topological polar surface area (TPSA) is 70.6 Å². The molecule has 0 spiro atoms. The molecule has 1 aliphatic carbocycles. The van der Waals surface area contributed by atoms with Crippen LogP contribution < -0.4 is 15.4 Å². The number of carbonyl (C=O) groups excluding carboxylic acids is 1. The van der Waals surface area contributed by atoms with E-state index in [1.807, 2.05) is 49.4 Å². The Hall–Kier alpha value is -3.44. The summed E-state index contributed by atoms with van der Waals surface area (Å²) in [6.45, 7) is 2.24. The molecular formula is C27H25ClN2O3. The first-order chi connectivity index (χ1) is 16.0. The van der Waals surface area contributed by atoms with Gasteiger partial charge in [0.2, 0.25) is 0 Å². The summed E-state index contributed by atoms with van der Waals surface area (Å²) in [5, 5.41) is 17.6. The van der Waals surface area contributed by atoms with E-state index in [2.05, 4.69) is 22.8 Å². The smallest absolute Gasteiger partial charge is 0.176 e. The van der Waals surface area contributed by atoms with Crippen LogP contribution in [0.3, 0.4) is 0 Å². The van der Waals surface area contributed by atoms with Crippen molar-refractivity contribution in [3.63, 3.8) is 0 Å². The summed E-state index contributed by atoms with van der Waals surface area (Å²) in [5.74, 6) is 0.408. The molecule has 6 heteroatoms. The Labute approximate surface area is 198 Å². The number of rotatable bonds is 4. The molecule has 168 valence electrons. The van der Waals surface area contributed by atoms with Crippen molar-refractivity contribution in [2.75, 3.05) is 17.2 Å². The molecule has 3 aromatic carbocycles. The van der Waals surface area contributed by atoms with Crippen LogP contribution in [-0.4, -0.2) is 17.5 Å². The number of ketones is 1. The number of nitrogens with one attached hydrogen (secondary N) is 2. The molecule has 1 heterocycles. The van der Waals surface area contributed by atoms with Gasteiger partial charge in [0, 0.05) is 17.7 Å². The standard InChI is InChI=1S/C27H25ClN2O3/c1-2-33-24-15-18(12-19(28)27(24)32)26-25-22(29-20-10-6-7-11-21(20)30-26)13-17(14-23(25)31)16-8-4-3-5-9-16/h3-12,15,17,26,29-30,32H,2,13-14H2,1H3. The second-order valence-corrected chi connectivity index (χ2v) is 8.77. The van der Waals surface area contributed by atoms with Crippen molar-refractivity contribution >= 4 is 28.8 Å². The second kappa shape index (κ2) is 8.83. The molecule has 2 aliphatic rings. The molecule has 0 bridgehead atoms. The maximum atomic E-state index is 13.6. The molecule has 0 amide bonds. The van der Waals surface area contributed by atoms with Gasteiger partial charge in [0.1, 0.15) is 0 Å². The first-order valence-corrected chi connectivity index (χ1v) is 11.5. The number of benzene rings is 3. The van der Waals surface area contributed by atoms with E-state index in [1.165, 1.54) is 0 Å². The molecule has 0 fully saturated rings. The normalized spacial score (nSPS) is 19.6. The quantitative estimate of drug-likeness (QED) is 0.419. The Morgan fingerprint density at radius 3 is 2.48 bits per heavy atom. The predicted molar refractivity (Wildman–Crippen MR) is 131 cm³/mol. The zero-order chi connectivity index (χ0) is 22.9. The molecule has 5 rings (SSSR count). The number of para-hydroxylation sites is 2. The van der Waals surface area contributed by atoms with Crippen LogP contribution in [-0.2, 0) is 4.79 Å². The number of Topliss-reactive ketones (excluding diaryl/α,β-unsaturated/α-hetero) is 1. The number of phenolic OH excluding ortho intramolecular Hbond substituents is 1. The van der Waals surface area contributed by atoms with Crippen LogP contribution in [0.4, 0.5) is 11.4 Å². The fourth-order valence-electron chi connectivity index (χ4n) is 4.73. The van der Waals surface area contributed by atoms with Crippen molar-refractivity contribution in [1.29, 1.82) is 0 Å². The molecule has 2 atom stereocenters. The number of carbonyl (C=O) groups is 1. The molecule has 3 N–H and O–H groups in total. The van der Waals surface area contributed by atoms with E-state index in [0.29, 0.717) is 24.4 Å². The van der Waals surface area contributed by atoms with Gasteiger partial charge in [-0.25, -0.2) is 0 Å². The van der Waals surface area contributed by atoms with Crippen LogP contribution in [0.5, 0.6) is 11.5 Å². The van der Waals surface area contributed by atoms with Crippen molar-refractivity contribution in [3.8, 4) is 11.5 Å². The number of anilines is 2. The minimum atomic E-state index is -0.433. The van der Waals surface area contributed by atoms with E-state index in [4.69, 9.17) is 16.3 Å². The molecule has 2 unspecified atom stereocenters. The van der Waals surface area contributed by atoms with Gasteiger partial charge in [-0.3, -0.25) is 4.79 Å². The van der Waals surface area contributed by atoms with Gasteiger partial charge < -0.3 is 20.5 Å². The predicted octanol–water partition coefficient (Wildman–Crippen LogP) is 6.42. The lowest BCUT2D eigenvalue weighted by Crippen LogP contribution is -2.27. The van der Waals surface area contributed by atoms with Gasteiger partial charge in [-0.15, -0.1) is 0 Å². The van der Waals surface area contributed by atoms with Crippen LogP contribution in [0.1, 0.15) is 42.9 Å². The van der Waals surface area contributed by atoms with Crippen LogP contribution in [0.25, 0.3) is 0 Å². The summed E-state index contributed by atoms with van der Waals surface area (Å²) < 4.78 is 5.61. The van der Waals surface area contributed by atoms with E-state index < -0.39 is 6.04 Å². The average Bonchev–Trinajstić information content (AvgIpc) is 2.99. The fourth-order valence-corrected chi connectivity index (χ4v) is 4.95. The number of aromatic hydroxyl groups is 1. The van der Waals surface area contributed by atoms with Gasteiger partial charge in [-0.05, 0) is 54.7 Å². The van der Waals surface area contributed by atoms with Crippen molar-refractivity contribution in [2.24, 2.45) is 0 Å². The van der Waals surface area contributed by atoms with E-state index in [1.54, 1.807) is 12.1 Å². The Balaban J connectivity index is 1.64. The molecule has 1 aliphatic heterocycles. The molecule has 33 heavy (non-hydrogen) atoms. The van der Waals surface area contributed by atoms with E-state index in [-0.39, 0.29) is 22.5 Å². The van der Waals surface area contributed by atoms with Crippen LogP contribution in [0.2, 0.25) is 5.02 Å². The SMILES string of the molecule is CCOc1cc(C2Nc3ccccc3NC3=C2C(=O)CC(c2ccccc2)C3)cc(Cl)c1O. The zero-order valence-electron chi connectivity index (χ0n) is 18.3. The highest BCUT2D eigenvalue weighted by molar-refractivity contribution is 6.32. The summed E-state index contributed by atoms with van der Waals surface area (Å²) in [6, 6.07) is 21.1. The molecular weight excluding hydrogens is 436 g/mol. The van der Waals surface area contributed by atoms with Crippen LogP contribution in [0, 0.1) is 0 Å². The molecule has 0 saturated heterocycles. The first-order valence-electron chi connectivity index (χ1n) is 11.1. The van der Waals surface area contributed by atoms with Gasteiger partial charge in [-0.1, -0.05) is 54.1 Å². The number of fused-ring (bicyclic) bond motifs is 1. The van der Waals surface area contributed by atoms with Crippen molar-refractivity contribution < 1.29 is 14.6 Å². The lowest BCUT2D eigenvalue weighted by atomic mass is 9.78. The summed E-state index contributed by atoms with van der Waals surface area (Å²) in [6.07, 6.45) is 1.16. The molecule has 5 nitrogen and oxygen atoms in total. The van der Waals surface area contributed by atoms with Crippen LogP contribution >= 0.6 is 11.6 Å². The number of halogens is 1. The van der Waals surface area contributed by atoms with Crippen molar-refractivity contribution in [3.05, 3.63) is 94.1 Å². The van der Waals surface area contributed by atoms with Gasteiger partial charge in [-0.2, -0.15) is 0 Å². The molecule has 3 aromatic rings. The summed E-state index contributed by atoms with van der Waals surface area (Å²) >= 11 is 6.36. The minimum absolute atomic E-state index is 0.0880. The van der Waals surface area contributed by atoms with Gasteiger partial charge in [0.15, 0.2) is 17.3 Å². The summed E-state index contributed by atoms with van der Waals surface area (Å²) in [4.78, 5) is 13.6. The van der Waals surface area contributed by atoms with Gasteiger partial charge in [0.05, 0.1) is 29.0 Å².